The van der Waals surface area contributed by atoms with Crippen molar-refractivity contribution in [2.45, 2.75) is 0 Å². The zero-order valence-electron chi connectivity index (χ0n) is 3.47. The molecule has 0 unspecified atom stereocenters. The molecular formula is H2AlClO5S-3. The summed E-state index contributed by atoms with van der Waals surface area (Å²) in [6, 6.07) is 0. The van der Waals surface area contributed by atoms with Crippen LogP contribution in [-0.2, 0) is 10.4 Å². The van der Waals surface area contributed by atoms with Gasteiger partial charge in [-0.2, -0.15) is 0 Å². The molecule has 0 aliphatic carbocycles. The first-order valence-electron chi connectivity index (χ1n) is 0.667. The Bertz CT molecular complexity index is 95.6. The van der Waals surface area contributed by atoms with Crippen LogP contribution in [0.5, 0.6) is 0 Å². The minimum atomic E-state index is -5.17. The average molecular weight is 177 g/mol. The SMILES string of the molecule is Cl.O=S(=O)([O-])[O-].[Al].[OH-]. The van der Waals surface area contributed by atoms with E-state index in [4.69, 9.17) is 17.5 Å². The number of hydrogen-bond acceptors (Lipinski definition) is 5. The van der Waals surface area contributed by atoms with Crippen LogP contribution in [0, 0.1) is 0 Å². The summed E-state index contributed by atoms with van der Waals surface area (Å²) in [5.41, 5.74) is 0. The summed E-state index contributed by atoms with van der Waals surface area (Å²) >= 11 is 0. The average Bonchev–Trinajstić information content (AvgIpc) is 0.722. The van der Waals surface area contributed by atoms with Crippen LogP contribution in [-0.4, -0.2) is 40.4 Å². The van der Waals surface area contributed by atoms with E-state index < -0.39 is 10.4 Å². The van der Waals surface area contributed by atoms with Gasteiger partial charge < -0.3 is 14.6 Å². The topological polar surface area (TPSA) is 110 Å². The first kappa shape index (κ1) is 23.4. The fourth-order valence-electron chi connectivity index (χ4n) is 0. The van der Waals surface area contributed by atoms with Crippen LogP contribution in [0.1, 0.15) is 0 Å². The lowest BCUT2D eigenvalue weighted by Crippen LogP contribution is -1.91. The van der Waals surface area contributed by atoms with E-state index >= 15 is 0 Å². The fraction of sp³-hybridized carbons (Fsp3) is 0. The Kier molecular flexibility index (Phi) is 22.4. The summed E-state index contributed by atoms with van der Waals surface area (Å²) in [5, 5.41) is 0. The zero-order valence-corrected chi connectivity index (χ0v) is 6.26. The second-order valence-electron chi connectivity index (χ2n) is 0.408. The number of halogens is 1. The molecule has 0 aromatic heterocycles. The van der Waals surface area contributed by atoms with Crippen molar-refractivity contribution in [3.63, 3.8) is 0 Å². The summed E-state index contributed by atoms with van der Waals surface area (Å²) < 4.78 is 34.1. The van der Waals surface area contributed by atoms with Crippen LogP contribution in [0.2, 0.25) is 0 Å². The van der Waals surface area contributed by atoms with E-state index in [0.717, 1.165) is 0 Å². The molecule has 5 nitrogen and oxygen atoms in total. The van der Waals surface area contributed by atoms with Crippen molar-refractivity contribution < 1.29 is 23.0 Å². The van der Waals surface area contributed by atoms with E-state index in [1.165, 1.54) is 0 Å². The molecule has 0 saturated carbocycles. The molecule has 8 heteroatoms. The van der Waals surface area contributed by atoms with Crippen LogP contribution in [0.15, 0.2) is 0 Å². The molecule has 0 aromatic carbocycles. The monoisotopic (exact) mass is 176 g/mol. The minimum Gasteiger partial charge on any atom is -0.870 e. The van der Waals surface area contributed by atoms with Gasteiger partial charge in [0.05, 0.1) is 0 Å². The van der Waals surface area contributed by atoms with Crippen LogP contribution in [0.3, 0.4) is 0 Å². The molecule has 0 heterocycles. The largest absolute Gasteiger partial charge is 0.870 e. The first-order chi connectivity index (χ1) is 2.00. The van der Waals surface area contributed by atoms with Crippen molar-refractivity contribution >= 4 is 40.2 Å². The van der Waals surface area contributed by atoms with E-state index in [9.17, 15) is 0 Å². The quantitative estimate of drug-likeness (QED) is 0.254. The van der Waals surface area contributed by atoms with E-state index in [-0.39, 0.29) is 35.2 Å². The van der Waals surface area contributed by atoms with Gasteiger partial charge in [0.25, 0.3) is 0 Å². The van der Waals surface area contributed by atoms with Crippen molar-refractivity contribution in [1.82, 2.24) is 0 Å². The maximum absolute atomic E-state index is 8.52. The van der Waals surface area contributed by atoms with Gasteiger partial charge in [0.15, 0.2) is 0 Å². The molecule has 51 valence electrons. The summed E-state index contributed by atoms with van der Waals surface area (Å²) in [4.78, 5) is 0. The summed E-state index contributed by atoms with van der Waals surface area (Å²) in [5.74, 6) is 0. The molecular weight excluding hydrogens is 174 g/mol. The third kappa shape index (κ3) is 499. The third-order valence-electron chi connectivity index (χ3n) is 0. The maximum atomic E-state index is 8.52. The lowest BCUT2D eigenvalue weighted by Gasteiger charge is -2.06. The molecule has 0 atom stereocenters. The summed E-state index contributed by atoms with van der Waals surface area (Å²) in [6.45, 7) is 0. The molecule has 0 bridgehead atoms. The van der Waals surface area contributed by atoms with Gasteiger partial charge in [0.2, 0.25) is 0 Å². The molecule has 8 heavy (non-hydrogen) atoms. The Labute approximate surface area is 63.5 Å². The second-order valence-corrected chi connectivity index (χ2v) is 1.22. The predicted octanol–water partition coefficient (Wildman–Crippen LogP) is -1.47. The molecule has 0 saturated heterocycles. The molecule has 0 aromatic rings. The lowest BCUT2D eigenvalue weighted by molar-refractivity contribution is 0.352. The smallest absolute Gasteiger partial charge is 0.0311 e. The van der Waals surface area contributed by atoms with E-state index in [1.54, 1.807) is 0 Å². The second kappa shape index (κ2) is 7.65. The van der Waals surface area contributed by atoms with Gasteiger partial charge in [0, 0.05) is 27.8 Å². The van der Waals surface area contributed by atoms with Gasteiger partial charge in [-0.05, 0) is 0 Å². The van der Waals surface area contributed by atoms with E-state index in [2.05, 4.69) is 0 Å². The predicted molar refractivity (Wildman–Crippen MR) is 25.4 cm³/mol. The van der Waals surface area contributed by atoms with E-state index in [0.29, 0.717) is 0 Å². The molecule has 0 amide bonds. The molecule has 0 aliphatic heterocycles. The van der Waals surface area contributed by atoms with Crippen molar-refractivity contribution in [2.75, 3.05) is 0 Å². The van der Waals surface area contributed by atoms with Gasteiger partial charge >= 0.3 is 0 Å². The molecule has 1 N–H and O–H groups in total. The van der Waals surface area contributed by atoms with Crippen molar-refractivity contribution in [3.8, 4) is 0 Å². The Morgan fingerprint density at radius 2 is 1.12 bits per heavy atom. The first-order valence-corrected chi connectivity index (χ1v) is 2.00. The fourth-order valence-corrected chi connectivity index (χ4v) is 0. The van der Waals surface area contributed by atoms with Gasteiger partial charge in [-0.3, -0.25) is 8.42 Å². The Hall–Kier alpha value is 0.652. The van der Waals surface area contributed by atoms with Gasteiger partial charge in [-0.25, -0.2) is 0 Å². The lowest BCUT2D eigenvalue weighted by atomic mass is 15.8. The molecule has 0 aliphatic rings. The van der Waals surface area contributed by atoms with Crippen molar-refractivity contribution in [1.29, 1.82) is 0 Å². The van der Waals surface area contributed by atoms with Crippen LogP contribution < -0.4 is 0 Å². The highest BCUT2D eigenvalue weighted by Gasteiger charge is 1.49. The highest BCUT2D eigenvalue weighted by molar-refractivity contribution is 7.79. The molecule has 0 rings (SSSR count). The van der Waals surface area contributed by atoms with Crippen molar-refractivity contribution in [2.24, 2.45) is 0 Å². The Morgan fingerprint density at radius 3 is 1.12 bits per heavy atom. The van der Waals surface area contributed by atoms with Gasteiger partial charge in [-0.1, -0.05) is 0 Å². The highest BCUT2D eigenvalue weighted by atomic mass is 35.5. The van der Waals surface area contributed by atoms with Gasteiger partial charge in [0.1, 0.15) is 0 Å². The van der Waals surface area contributed by atoms with Crippen LogP contribution in [0.25, 0.3) is 0 Å². The Morgan fingerprint density at radius 1 is 1.12 bits per heavy atom. The molecule has 3 radical (unpaired) electrons. The van der Waals surface area contributed by atoms with Gasteiger partial charge in [-0.15, -0.1) is 12.4 Å². The minimum absolute atomic E-state index is 0. The summed E-state index contributed by atoms with van der Waals surface area (Å²) in [6.07, 6.45) is 0. The third-order valence-corrected chi connectivity index (χ3v) is 0. The number of hydrogen-bond donors (Lipinski definition) is 0. The van der Waals surface area contributed by atoms with Crippen LogP contribution >= 0.6 is 12.4 Å². The van der Waals surface area contributed by atoms with E-state index in [1.807, 2.05) is 0 Å². The summed E-state index contributed by atoms with van der Waals surface area (Å²) in [7, 11) is -5.17. The maximum Gasteiger partial charge on any atom is 0.0311 e. The molecule has 0 fully saturated rings. The highest BCUT2D eigenvalue weighted by Crippen LogP contribution is 1.57. The van der Waals surface area contributed by atoms with Crippen LogP contribution in [0.4, 0.5) is 0 Å². The van der Waals surface area contributed by atoms with Crippen molar-refractivity contribution in [3.05, 3.63) is 0 Å². The number of rotatable bonds is 0. The standard InChI is InChI=1S/Al.ClH.H2O4S.H2O/c;;1-5(2,3)4;/h;1H;(H2,1,2,3,4);1H2/p-3. The molecule has 0 spiro atoms. The normalized spacial score (nSPS) is 7.25. The Balaban J connectivity index is -0.0000000267. The zero-order chi connectivity index (χ0) is 4.50.